The van der Waals surface area contributed by atoms with Gasteiger partial charge in [0.05, 0.1) is 7.11 Å². The number of hydrogen-bond donors (Lipinski definition) is 1. The van der Waals surface area contributed by atoms with Crippen molar-refractivity contribution >= 4 is 17.8 Å². The minimum absolute atomic E-state index is 0.0374. The Morgan fingerprint density at radius 3 is 2.38 bits per heavy atom. The Kier molecular flexibility index (Phi) is 13.0. The van der Waals surface area contributed by atoms with Crippen LogP contribution in [0.15, 0.2) is 42.6 Å². The molecule has 0 saturated carbocycles. The van der Waals surface area contributed by atoms with Crippen molar-refractivity contribution in [2.24, 2.45) is 0 Å². The number of nitrogens with zero attached hydrogens (tertiary/aromatic N) is 1. The van der Waals surface area contributed by atoms with E-state index < -0.39 is 42.9 Å². The van der Waals surface area contributed by atoms with Crippen LogP contribution in [0.3, 0.4) is 0 Å². The van der Waals surface area contributed by atoms with E-state index in [1.807, 2.05) is 44.2 Å². The number of para-hydroxylation sites is 1. The van der Waals surface area contributed by atoms with Gasteiger partial charge in [0.15, 0.2) is 17.2 Å². The lowest BCUT2D eigenvalue weighted by Gasteiger charge is -2.32. The maximum atomic E-state index is 13.0. The van der Waals surface area contributed by atoms with Crippen molar-refractivity contribution in [3.63, 3.8) is 0 Å². The summed E-state index contributed by atoms with van der Waals surface area (Å²) in [4.78, 5) is 41.1. The first-order chi connectivity index (χ1) is 18.7. The Hall–Kier alpha value is -3.86. The summed E-state index contributed by atoms with van der Waals surface area (Å²) in [6.07, 6.45) is 1.17. The number of aromatic nitrogens is 1. The SMILES string of the molecule is CCCO[C@H](C(CC)Oc1ccccc1)[C@H](C)OC(=O)[C@H](C)NC(=O)c1nccc(OC)c1OCOC(C)=O. The van der Waals surface area contributed by atoms with Crippen LogP contribution in [-0.4, -0.2) is 67.7 Å². The highest BCUT2D eigenvalue weighted by Gasteiger charge is 2.33. The smallest absolute Gasteiger partial charge is 0.328 e. The second kappa shape index (κ2) is 16.2. The zero-order valence-electron chi connectivity index (χ0n) is 23.3. The lowest BCUT2D eigenvalue weighted by Crippen LogP contribution is -2.47. The number of amides is 1. The number of carbonyl (C=O) groups excluding carboxylic acids is 3. The molecule has 0 spiro atoms. The molecular weight excluding hydrogens is 508 g/mol. The van der Waals surface area contributed by atoms with E-state index >= 15 is 0 Å². The Bertz CT molecular complexity index is 1060. The quantitative estimate of drug-likeness (QED) is 0.246. The predicted octanol–water partition coefficient (Wildman–Crippen LogP) is 3.69. The molecule has 1 aromatic carbocycles. The van der Waals surface area contributed by atoms with E-state index in [-0.39, 0.29) is 23.3 Å². The molecule has 0 fully saturated rings. The number of ether oxygens (including phenoxy) is 6. The fraction of sp³-hybridized carbons (Fsp3) is 0.500. The normalized spacial score (nSPS) is 13.8. The fourth-order valence-electron chi connectivity index (χ4n) is 3.60. The van der Waals surface area contributed by atoms with Crippen LogP contribution >= 0.6 is 0 Å². The van der Waals surface area contributed by atoms with Crippen molar-refractivity contribution in [1.82, 2.24) is 10.3 Å². The molecule has 1 N–H and O–H groups in total. The van der Waals surface area contributed by atoms with Crippen molar-refractivity contribution in [1.29, 1.82) is 0 Å². The van der Waals surface area contributed by atoms with Gasteiger partial charge in [-0.15, -0.1) is 0 Å². The summed E-state index contributed by atoms with van der Waals surface area (Å²) in [7, 11) is 1.39. The number of nitrogens with one attached hydrogen (secondary N) is 1. The summed E-state index contributed by atoms with van der Waals surface area (Å²) in [6, 6.07) is 9.81. The molecule has 2 rings (SSSR count). The zero-order chi connectivity index (χ0) is 28.8. The number of hydrogen-bond acceptors (Lipinski definition) is 10. The minimum atomic E-state index is -1.03. The molecule has 1 aromatic heterocycles. The van der Waals surface area contributed by atoms with E-state index in [4.69, 9.17) is 28.4 Å². The highest BCUT2D eigenvalue weighted by molar-refractivity contribution is 5.98. The van der Waals surface area contributed by atoms with Gasteiger partial charge in [-0.25, -0.2) is 9.78 Å². The summed E-state index contributed by atoms with van der Waals surface area (Å²) in [5, 5.41) is 2.57. The van der Waals surface area contributed by atoms with Crippen molar-refractivity contribution < 1.29 is 42.8 Å². The number of methoxy groups -OCH3 is 1. The third-order valence-electron chi connectivity index (χ3n) is 5.55. The number of esters is 2. The molecule has 4 atom stereocenters. The van der Waals surface area contributed by atoms with Crippen LogP contribution in [0, 0.1) is 0 Å². The maximum Gasteiger partial charge on any atom is 0.328 e. The first-order valence-electron chi connectivity index (χ1n) is 12.9. The Labute approximate surface area is 229 Å². The lowest BCUT2D eigenvalue weighted by molar-refractivity contribution is -0.163. The highest BCUT2D eigenvalue weighted by atomic mass is 16.7. The molecule has 0 aliphatic heterocycles. The third kappa shape index (κ3) is 9.75. The van der Waals surface area contributed by atoms with Crippen LogP contribution in [0.5, 0.6) is 17.2 Å². The molecule has 1 amide bonds. The molecule has 0 bridgehead atoms. The summed E-state index contributed by atoms with van der Waals surface area (Å²) >= 11 is 0. The third-order valence-corrected chi connectivity index (χ3v) is 5.55. The first kappa shape index (κ1) is 31.4. The van der Waals surface area contributed by atoms with Crippen LogP contribution in [0.2, 0.25) is 0 Å². The molecule has 0 aliphatic rings. The van der Waals surface area contributed by atoms with Crippen LogP contribution in [-0.2, 0) is 23.8 Å². The van der Waals surface area contributed by atoms with Gasteiger partial charge < -0.3 is 33.7 Å². The lowest BCUT2D eigenvalue weighted by atomic mass is 10.1. The average Bonchev–Trinajstić information content (AvgIpc) is 2.92. The molecule has 214 valence electrons. The average molecular weight is 547 g/mol. The Morgan fingerprint density at radius 1 is 1.05 bits per heavy atom. The van der Waals surface area contributed by atoms with Crippen LogP contribution in [0.1, 0.15) is 57.9 Å². The predicted molar refractivity (Wildman–Crippen MR) is 142 cm³/mol. The van der Waals surface area contributed by atoms with Gasteiger partial charge in [-0.05, 0) is 38.8 Å². The molecule has 11 heteroatoms. The number of pyridine rings is 1. The topological polar surface area (TPSA) is 132 Å². The van der Waals surface area contributed by atoms with Gasteiger partial charge in [0.1, 0.15) is 30.1 Å². The summed E-state index contributed by atoms with van der Waals surface area (Å²) in [6.45, 7) is 8.41. The molecule has 39 heavy (non-hydrogen) atoms. The van der Waals surface area contributed by atoms with Crippen molar-refractivity contribution in [3.05, 3.63) is 48.3 Å². The van der Waals surface area contributed by atoms with Gasteiger partial charge in [-0.2, -0.15) is 0 Å². The molecule has 1 unspecified atom stereocenters. The largest absolute Gasteiger partial charge is 0.493 e. The van der Waals surface area contributed by atoms with Crippen molar-refractivity contribution in [2.75, 3.05) is 20.5 Å². The van der Waals surface area contributed by atoms with Gasteiger partial charge >= 0.3 is 11.9 Å². The Morgan fingerprint density at radius 2 is 1.77 bits per heavy atom. The standard InChI is InChI=1S/C28H38N2O9/c1-7-16-35-25(22(8-2)39-21-12-10-9-11-13-21)19(4)38-28(33)18(3)30-27(32)24-26(37-17-36-20(5)31)23(34-6)14-15-29-24/h9-15,18-19,22,25H,7-8,16-17H2,1-6H3,(H,30,32)/t18-,19-,22?,25-/m0/s1. The summed E-state index contributed by atoms with van der Waals surface area (Å²) in [5.74, 6) is -1.08. The second-order valence-corrected chi connectivity index (χ2v) is 8.64. The van der Waals surface area contributed by atoms with Gasteiger partial charge in [0.2, 0.25) is 6.79 Å². The molecule has 0 radical (unpaired) electrons. The highest BCUT2D eigenvalue weighted by Crippen LogP contribution is 2.29. The Balaban J connectivity index is 2.10. The molecule has 1 heterocycles. The summed E-state index contributed by atoms with van der Waals surface area (Å²) in [5.41, 5.74) is -0.152. The minimum Gasteiger partial charge on any atom is -0.493 e. The molecule has 2 aromatic rings. The van der Waals surface area contributed by atoms with Crippen molar-refractivity contribution in [3.8, 4) is 17.2 Å². The van der Waals surface area contributed by atoms with Crippen LogP contribution in [0.4, 0.5) is 0 Å². The fourth-order valence-corrected chi connectivity index (χ4v) is 3.60. The van der Waals surface area contributed by atoms with E-state index in [2.05, 4.69) is 10.3 Å². The number of rotatable bonds is 16. The maximum absolute atomic E-state index is 13.0. The molecule has 0 aliphatic carbocycles. The zero-order valence-corrected chi connectivity index (χ0v) is 23.3. The van der Waals surface area contributed by atoms with Crippen LogP contribution < -0.4 is 19.5 Å². The van der Waals surface area contributed by atoms with E-state index in [1.54, 1.807) is 6.92 Å². The van der Waals surface area contributed by atoms with E-state index in [1.165, 1.54) is 33.2 Å². The molecule has 0 saturated heterocycles. The van der Waals surface area contributed by atoms with Gasteiger partial charge in [-0.3, -0.25) is 9.59 Å². The van der Waals surface area contributed by atoms with E-state index in [9.17, 15) is 14.4 Å². The first-order valence-corrected chi connectivity index (χ1v) is 12.9. The van der Waals surface area contributed by atoms with Gasteiger partial charge in [0, 0.05) is 25.8 Å². The number of benzene rings is 1. The second-order valence-electron chi connectivity index (χ2n) is 8.64. The van der Waals surface area contributed by atoms with Gasteiger partial charge in [0.25, 0.3) is 5.91 Å². The number of carbonyl (C=O) groups is 3. The van der Waals surface area contributed by atoms with Crippen molar-refractivity contribution in [2.45, 2.75) is 71.8 Å². The van der Waals surface area contributed by atoms with Crippen LogP contribution in [0.25, 0.3) is 0 Å². The molecule has 11 nitrogen and oxygen atoms in total. The molecular formula is C28H38N2O9. The van der Waals surface area contributed by atoms with E-state index in [0.29, 0.717) is 18.8 Å². The van der Waals surface area contributed by atoms with E-state index in [0.717, 1.165) is 6.42 Å². The van der Waals surface area contributed by atoms with Gasteiger partial charge in [-0.1, -0.05) is 32.0 Å². The summed E-state index contributed by atoms with van der Waals surface area (Å²) < 4.78 is 33.3. The monoisotopic (exact) mass is 546 g/mol.